The van der Waals surface area contributed by atoms with E-state index in [1.165, 1.54) is 5.56 Å². The van der Waals surface area contributed by atoms with E-state index >= 15 is 0 Å². The van der Waals surface area contributed by atoms with Gasteiger partial charge in [0, 0.05) is 6.08 Å². The molecule has 1 rings (SSSR count). The van der Waals surface area contributed by atoms with Crippen LogP contribution >= 0.6 is 31.9 Å². The zero-order valence-electron chi connectivity index (χ0n) is 21.2. The van der Waals surface area contributed by atoms with Crippen LogP contribution in [-0.4, -0.2) is 38.4 Å². The average Bonchev–Trinajstić information content (AvgIpc) is 2.77. The first kappa shape index (κ1) is 30.5. The normalized spacial score (nSPS) is 13.8. The van der Waals surface area contributed by atoms with Crippen molar-refractivity contribution in [3.63, 3.8) is 0 Å². The molecule has 1 aromatic rings. The van der Waals surface area contributed by atoms with Gasteiger partial charge in [0.25, 0.3) is 0 Å². The number of alkyl carbamates (subject to hydrolysis) is 1. The molecule has 192 valence electrons. The van der Waals surface area contributed by atoms with Gasteiger partial charge >= 0.3 is 12.1 Å². The third-order valence-electron chi connectivity index (χ3n) is 5.95. The van der Waals surface area contributed by atoms with E-state index < -0.39 is 12.1 Å². The Hall–Kier alpha value is -1.54. The van der Waals surface area contributed by atoms with Gasteiger partial charge in [0.1, 0.15) is 25.6 Å². The van der Waals surface area contributed by atoms with E-state index in [0.717, 1.165) is 21.4 Å². The molecule has 0 fully saturated rings. The standard InChI is InChI=1S/C26H39Br2NO5/c1-8-18(7)23(16(3)4)24(17(5)6)19-14-20(27)25(21(28)15-19)33-12-13-34-26(31)29-10-11-32-22(30)9-2/h9,14-18,23-24H,2,8,10-13H2,1,3-7H3,(H,29,31). The Kier molecular flexibility index (Phi) is 13.9. The van der Waals surface area contributed by atoms with Gasteiger partial charge in [-0.15, -0.1) is 0 Å². The van der Waals surface area contributed by atoms with Gasteiger partial charge in [-0.2, -0.15) is 0 Å². The number of nitrogens with one attached hydrogen (secondary N) is 1. The molecule has 0 spiro atoms. The first-order valence-corrected chi connectivity index (χ1v) is 13.4. The highest BCUT2D eigenvalue weighted by molar-refractivity contribution is 9.11. The summed E-state index contributed by atoms with van der Waals surface area (Å²) in [7, 11) is 0. The molecule has 1 amide bonds. The number of rotatable bonds is 14. The third kappa shape index (κ3) is 9.61. The third-order valence-corrected chi connectivity index (χ3v) is 7.13. The summed E-state index contributed by atoms with van der Waals surface area (Å²) in [5.41, 5.74) is 1.29. The summed E-state index contributed by atoms with van der Waals surface area (Å²) < 4.78 is 17.5. The van der Waals surface area contributed by atoms with Crippen molar-refractivity contribution in [2.75, 3.05) is 26.4 Å². The molecule has 3 atom stereocenters. The van der Waals surface area contributed by atoms with Crippen LogP contribution in [0.1, 0.15) is 59.4 Å². The minimum absolute atomic E-state index is 0.0504. The minimum Gasteiger partial charge on any atom is -0.488 e. The topological polar surface area (TPSA) is 73.9 Å². The SMILES string of the molecule is C=CC(=O)OCCNC(=O)OCCOc1c(Br)cc(C(C(C)C)C(C(C)C)C(C)CC)cc1Br. The molecule has 0 heterocycles. The monoisotopic (exact) mass is 603 g/mol. The number of hydrogen-bond donors (Lipinski definition) is 1. The molecule has 0 bridgehead atoms. The fourth-order valence-electron chi connectivity index (χ4n) is 4.35. The van der Waals surface area contributed by atoms with Crippen LogP contribution in [0.15, 0.2) is 33.7 Å². The quantitative estimate of drug-likeness (QED) is 0.139. The van der Waals surface area contributed by atoms with Gasteiger partial charge in [0.05, 0.1) is 15.5 Å². The molecule has 0 aliphatic carbocycles. The Labute approximate surface area is 221 Å². The molecule has 6 nitrogen and oxygen atoms in total. The van der Waals surface area contributed by atoms with Crippen molar-refractivity contribution in [2.24, 2.45) is 23.7 Å². The van der Waals surface area contributed by atoms with E-state index in [9.17, 15) is 9.59 Å². The maximum atomic E-state index is 11.7. The van der Waals surface area contributed by atoms with Crippen LogP contribution in [0, 0.1) is 23.7 Å². The lowest BCUT2D eigenvalue weighted by atomic mass is 9.67. The lowest BCUT2D eigenvalue weighted by Gasteiger charge is -2.38. The Balaban J connectivity index is 2.74. The first-order chi connectivity index (χ1) is 16.0. The second kappa shape index (κ2) is 15.5. The molecule has 3 unspecified atom stereocenters. The maximum Gasteiger partial charge on any atom is 0.407 e. The van der Waals surface area contributed by atoms with Crippen molar-refractivity contribution in [3.8, 4) is 5.75 Å². The zero-order chi connectivity index (χ0) is 25.8. The van der Waals surface area contributed by atoms with Crippen molar-refractivity contribution in [3.05, 3.63) is 39.3 Å². The minimum atomic E-state index is -0.601. The highest BCUT2D eigenvalue weighted by Gasteiger charge is 2.32. The zero-order valence-corrected chi connectivity index (χ0v) is 24.3. The summed E-state index contributed by atoms with van der Waals surface area (Å²) >= 11 is 7.35. The van der Waals surface area contributed by atoms with E-state index in [1.807, 2.05) is 0 Å². The average molecular weight is 605 g/mol. The Morgan fingerprint density at radius 2 is 1.62 bits per heavy atom. The van der Waals surface area contributed by atoms with Crippen molar-refractivity contribution in [1.82, 2.24) is 5.32 Å². The van der Waals surface area contributed by atoms with Crippen LogP contribution in [0.3, 0.4) is 0 Å². The molecule has 0 saturated heterocycles. The van der Waals surface area contributed by atoms with Crippen LogP contribution < -0.4 is 10.1 Å². The molecule has 0 aliphatic heterocycles. The highest BCUT2D eigenvalue weighted by Crippen LogP contribution is 2.45. The Morgan fingerprint density at radius 3 is 2.12 bits per heavy atom. The molecule has 34 heavy (non-hydrogen) atoms. The van der Waals surface area contributed by atoms with Crippen molar-refractivity contribution >= 4 is 43.9 Å². The van der Waals surface area contributed by atoms with Gasteiger partial charge < -0.3 is 19.5 Å². The van der Waals surface area contributed by atoms with Crippen molar-refractivity contribution < 1.29 is 23.8 Å². The highest BCUT2D eigenvalue weighted by atomic mass is 79.9. The van der Waals surface area contributed by atoms with E-state index in [-0.39, 0.29) is 26.4 Å². The molecule has 0 saturated carbocycles. The molecular weight excluding hydrogens is 566 g/mol. The van der Waals surface area contributed by atoms with Crippen LogP contribution in [0.4, 0.5) is 4.79 Å². The van der Waals surface area contributed by atoms with E-state index in [0.29, 0.717) is 35.3 Å². The second-order valence-corrected chi connectivity index (χ2v) is 10.8. The number of esters is 1. The summed E-state index contributed by atoms with van der Waals surface area (Å²) in [6.45, 7) is 17.6. The molecule has 1 aromatic carbocycles. The molecule has 0 aromatic heterocycles. The molecule has 8 heteroatoms. The summed E-state index contributed by atoms with van der Waals surface area (Å²) in [6, 6.07) is 4.31. The molecule has 0 radical (unpaired) electrons. The van der Waals surface area contributed by atoms with Crippen molar-refractivity contribution in [2.45, 2.75) is 53.9 Å². The number of amides is 1. The van der Waals surface area contributed by atoms with Gasteiger partial charge in [-0.3, -0.25) is 0 Å². The predicted octanol–water partition coefficient (Wildman–Crippen LogP) is 7.10. The molecular formula is C26H39Br2NO5. The Bertz CT molecular complexity index is 789. The largest absolute Gasteiger partial charge is 0.488 e. The van der Waals surface area contributed by atoms with Crippen LogP contribution in [0.2, 0.25) is 0 Å². The Morgan fingerprint density at radius 1 is 1.00 bits per heavy atom. The van der Waals surface area contributed by atoms with Gasteiger partial charge in [0.2, 0.25) is 0 Å². The van der Waals surface area contributed by atoms with Crippen LogP contribution in [0.25, 0.3) is 0 Å². The summed E-state index contributed by atoms with van der Waals surface area (Å²) in [4.78, 5) is 22.7. The second-order valence-electron chi connectivity index (χ2n) is 9.07. The number of carbonyl (C=O) groups excluding carboxylic acids is 2. The molecule has 1 N–H and O–H groups in total. The van der Waals surface area contributed by atoms with Crippen molar-refractivity contribution in [1.29, 1.82) is 0 Å². The fourth-order valence-corrected chi connectivity index (χ4v) is 5.80. The van der Waals surface area contributed by atoms with Gasteiger partial charge in [-0.05, 0) is 79.1 Å². The molecule has 0 aliphatic rings. The lowest BCUT2D eigenvalue weighted by molar-refractivity contribution is -0.137. The predicted molar refractivity (Wildman–Crippen MR) is 143 cm³/mol. The first-order valence-electron chi connectivity index (χ1n) is 11.8. The number of benzene rings is 1. The van der Waals surface area contributed by atoms with Gasteiger partial charge in [-0.25, -0.2) is 9.59 Å². The lowest BCUT2D eigenvalue weighted by Crippen LogP contribution is -2.29. The number of hydrogen-bond acceptors (Lipinski definition) is 5. The van der Waals surface area contributed by atoms with E-state index in [2.05, 4.69) is 97.4 Å². The number of carbonyl (C=O) groups is 2. The van der Waals surface area contributed by atoms with Gasteiger partial charge in [-0.1, -0.05) is 54.5 Å². The van der Waals surface area contributed by atoms with Crippen LogP contribution in [0.5, 0.6) is 5.75 Å². The van der Waals surface area contributed by atoms with Crippen LogP contribution in [-0.2, 0) is 14.3 Å². The number of halogens is 2. The van der Waals surface area contributed by atoms with Gasteiger partial charge in [0.15, 0.2) is 0 Å². The summed E-state index contributed by atoms with van der Waals surface area (Å²) in [5.74, 6) is 2.84. The van der Waals surface area contributed by atoms with E-state index in [1.54, 1.807) is 0 Å². The van der Waals surface area contributed by atoms with E-state index in [4.69, 9.17) is 14.2 Å². The fraction of sp³-hybridized carbons (Fsp3) is 0.615. The summed E-state index contributed by atoms with van der Waals surface area (Å²) in [6.07, 6.45) is 1.62. The maximum absolute atomic E-state index is 11.7. The number of ether oxygens (including phenoxy) is 3. The summed E-state index contributed by atoms with van der Waals surface area (Å²) in [5, 5.41) is 2.50. The smallest absolute Gasteiger partial charge is 0.407 e.